The first-order valence-electron chi connectivity index (χ1n) is 11.5. The third-order valence-electron chi connectivity index (χ3n) is 5.52. The molecular formula is C23H30ClN5O6. The van der Waals surface area contributed by atoms with Crippen LogP contribution in [0.2, 0.25) is 5.02 Å². The van der Waals surface area contributed by atoms with Crippen molar-refractivity contribution in [3.05, 3.63) is 35.2 Å². The van der Waals surface area contributed by atoms with Crippen molar-refractivity contribution in [2.75, 3.05) is 46.5 Å². The molecule has 0 radical (unpaired) electrons. The predicted octanol–water partition coefficient (Wildman–Crippen LogP) is 2.66. The molecule has 1 fully saturated rings. The van der Waals surface area contributed by atoms with Crippen LogP contribution < -0.4 is 5.32 Å². The normalized spacial score (nSPS) is 15.5. The molecule has 11 nitrogen and oxygen atoms in total. The molecule has 0 saturated carbocycles. The highest BCUT2D eigenvalue weighted by Crippen LogP contribution is 2.31. The number of carbonyl (C=O) groups is 3. The number of hydrogen-bond donors (Lipinski definition) is 1. The van der Waals surface area contributed by atoms with Crippen LogP contribution in [0.5, 0.6) is 0 Å². The van der Waals surface area contributed by atoms with Crippen LogP contribution in [0.4, 0.5) is 4.79 Å². The molecule has 1 saturated heterocycles. The van der Waals surface area contributed by atoms with Gasteiger partial charge in [0.05, 0.1) is 13.2 Å². The molecule has 190 valence electrons. The molecule has 1 aliphatic rings. The maximum atomic E-state index is 13.3. The van der Waals surface area contributed by atoms with Crippen LogP contribution in [-0.2, 0) is 19.1 Å². The molecule has 2 heterocycles. The standard InChI is InChI=1S/C23H30ClN5O6/c1-3-34-20(31)14-25-23(32)28(12-13-33-2)15-19(30)29-11-5-4-6-18(29)22-26-21(27-35-22)16-7-9-17(24)10-8-16/h7-10,18H,3-6,11-15H2,1-2H3,(H,25,32). The SMILES string of the molecule is CCOC(=O)CNC(=O)N(CCOC)CC(=O)N1CCCCC1c1nc(-c2ccc(Cl)cc2)no1. The van der Waals surface area contributed by atoms with Crippen molar-refractivity contribution in [1.29, 1.82) is 0 Å². The van der Waals surface area contributed by atoms with Gasteiger partial charge in [-0.05, 0) is 50.5 Å². The second kappa shape index (κ2) is 13.1. The quantitative estimate of drug-likeness (QED) is 0.486. The summed E-state index contributed by atoms with van der Waals surface area (Å²) in [4.78, 5) is 45.0. The second-order valence-electron chi connectivity index (χ2n) is 7.94. The van der Waals surface area contributed by atoms with Gasteiger partial charge in [-0.25, -0.2) is 4.79 Å². The highest BCUT2D eigenvalue weighted by Gasteiger charge is 2.33. The molecule has 3 amide bonds. The molecule has 0 spiro atoms. The lowest BCUT2D eigenvalue weighted by molar-refractivity contribution is -0.141. The molecular weight excluding hydrogens is 478 g/mol. The number of carbonyl (C=O) groups excluding carboxylic acids is 3. The summed E-state index contributed by atoms with van der Waals surface area (Å²) >= 11 is 5.95. The summed E-state index contributed by atoms with van der Waals surface area (Å²) in [5.41, 5.74) is 0.752. The molecule has 1 N–H and O–H groups in total. The van der Waals surface area contributed by atoms with Crippen LogP contribution >= 0.6 is 11.6 Å². The van der Waals surface area contributed by atoms with Gasteiger partial charge in [0.15, 0.2) is 0 Å². The summed E-state index contributed by atoms with van der Waals surface area (Å²) in [7, 11) is 1.50. The molecule has 1 aromatic carbocycles. The lowest BCUT2D eigenvalue weighted by Crippen LogP contribution is -2.50. The Hall–Kier alpha value is -3.18. The lowest BCUT2D eigenvalue weighted by atomic mass is 10.0. The summed E-state index contributed by atoms with van der Waals surface area (Å²) < 4.78 is 15.4. The van der Waals surface area contributed by atoms with Crippen LogP contribution in [0, 0.1) is 0 Å². The first-order chi connectivity index (χ1) is 16.9. The van der Waals surface area contributed by atoms with E-state index in [1.165, 1.54) is 12.0 Å². The van der Waals surface area contributed by atoms with Gasteiger partial charge in [-0.3, -0.25) is 9.59 Å². The Morgan fingerprint density at radius 2 is 2.03 bits per heavy atom. The molecule has 1 atom stereocenters. The largest absolute Gasteiger partial charge is 0.465 e. The Labute approximate surface area is 208 Å². The van der Waals surface area contributed by atoms with Crippen molar-refractivity contribution in [3.8, 4) is 11.4 Å². The number of hydrogen-bond acceptors (Lipinski definition) is 8. The van der Waals surface area contributed by atoms with E-state index in [0.717, 1.165) is 18.4 Å². The maximum absolute atomic E-state index is 13.3. The summed E-state index contributed by atoms with van der Waals surface area (Å²) in [5, 5.41) is 7.16. The van der Waals surface area contributed by atoms with Gasteiger partial charge in [0.1, 0.15) is 19.1 Å². The number of ether oxygens (including phenoxy) is 2. The Kier molecular flexibility index (Phi) is 9.86. The monoisotopic (exact) mass is 507 g/mol. The number of nitrogens with one attached hydrogen (secondary N) is 1. The van der Waals surface area contributed by atoms with E-state index in [1.807, 2.05) is 0 Å². The number of urea groups is 1. The molecule has 12 heteroatoms. The number of benzene rings is 1. The summed E-state index contributed by atoms with van der Waals surface area (Å²) in [6.45, 7) is 2.34. The number of methoxy groups -OCH3 is 1. The zero-order valence-electron chi connectivity index (χ0n) is 19.9. The Balaban J connectivity index is 1.69. The van der Waals surface area contributed by atoms with Gasteiger partial charge >= 0.3 is 12.0 Å². The number of nitrogens with zero attached hydrogens (tertiary/aromatic N) is 4. The first kappa shape index (κ1) is 26.4. The fraction of sp³-hybridized carbons (Fsp3) is 0.522. The van der Waals surface area contributed by atoms with Crippen molar-refractivity contribution in [3.63, 3.8) is 0 Å². The fourth-order valence-corrected chi connectivity index (χ4v) is 3.88. The van der Waals surface area contributed by atoms with E-state index in [4.69, 9.17) is 25.6 Å². The van der Waals surface area contributed by atoms with Gasteiger partial charge < -0.3 is 29.1 Å². The van der Waals surface area contributed by atoms with Crippen LogP contribution in [0.1, 0.15) is 38.1 Å². The second-order valence-corrected chi connectivity index (χ2v) is 8.38. The number of esters is 1. The van der Waals surface area contributed by atoms with Gasteiger partial charge in [-0.1, -0.05) is 16.8 Å². The number of halogens is 1. The van der Waals surface area contributed by atoms with E-state index in [-0.39, 0.29) is 38.8 Å². The zero-order chi connectivity index (χ0) is 25.2. The van der Waals surface area contributed by atoms with Crippen LogP contribution in [-0.4, -0.2) is 84.4 Å². The Bertz CT molecular complexity index is 999. The zero-order valence-corrected chi connectivity index (χ0v) is 20.6. The number of amides is 3. The maximum Gasteiger partial charge on any atom is 0.325 e. The minimum absolute atomic E-state index is 0.177. The number of likely N-dealkylation sites (tertiary alicyclic amines) is 1. The number of aromatic nitrogens is 2. The third-order valence-corrected chi connectivity index (χ3v) is 5.77. The smallest absolute Gasteiger partial charge is 0.325 e. The van der Waals surface area contributed by atoms with Crippen LogP contribution in [0.3, 0.4) is 0 Å². The molecule has 1 unspecified atom stereocenters. The minimum Gasteiger partial charge on any atom is -0.465 e. The van der Waals surface area contributed by atoms with Crippen molar-refractivity contribution in [2.45, 2.75) is 32.2 Å². The Morgan fingerprint density at radius 1 is 1.26 bits per heavy atom. The van der Waals surface area contributed by atoms with E-state index in [2.05, 4.69) is 15.5 Å². The van der Waals surface area contributed by atoms with Gasteiger partial charge in [0.25, 0.3) is 0 Å². The van der Waals surface area contributed by atoms with E-state index in [0.29, 0.717) is 29.7 Å². The highest BCUT2D eigenvalue weighted by molar-refractivity contribution is 6.30. The van der Waals surface area contributed by atoms with E-state index < -0.39 is 18.0 Å². The molecule has 1 aromatic heterocycles. The average molecular weight is 508 g/mol. The molecule has 2 aromatic rings. The van der Waals surface area contributed by atoms with Crippen molar-refractivity contribution in [1.82, 2.24) is 25.3 Å². The van der Waals surface area contributed by atoms with Crippen LogP contribution in [0.15, 0.2) is 28.8 Å². The van der Waals surface area contributed by atoms with Crippen molar-refractivity contribution < 1.29 is 28.4 Å². The fourth-order valence-electron chi connectivity index (χ4n) is 3.75. The average Bonchev–Trinajstić information content (AvgIpc) is 3.36. The molecule has 0 aliphatic carbocycles. The molecule has 0 bridgehead atoms. The molecule has 3 rings (SSSR count). The molecule has 35 heavy (non-hydrogen) atoms. The van der Waals surface area contributed by atoms with Crippen molar-refractivity contribution in [2.24, 2.45) is 0 Å². The van der Waals surface area contributed by atoms with E-state index in [1.54, 1.807) is 36.1 Å². The summed E-state index contributed by atoms with van der Waals surface area (Å²) in [6.07, 6.45) is 2.40. The van der Waals surface area contributed by atoms with E-state index in [9.17, 15) is 14.4 Å². The van der Waals surface area contributed by atoms with E-state index >= 15 is 0 Å². The topological polar surface area (TPSA) is 127 Å². The van der Waals surface area contributed by atoms with Crippen molar-refractivity contribution >= 4 is 29.5 Å². The Morgan fingerprint density at radius 3 is 2.74 bits per heavy atom. The summed E-state index contributed by atoms with van der Waals surface area (Å²) in [6, 6.07) is 6.12. The minimum atomic E-state index is -0.556. The predicted molar refractivity (Wildman–Crippen MR) is 127 cm³/mol. The number of piperidine rings is 1. The lowest BCUT2D eigenvalue weighted by Gasteiger charge is -2.35. The van der Waals surface area contributed by atoms with Gasteiger partial charge in [0.2, 0.25) is 17.6 Å². The van der Waals surface area contributed by atoms with Crippen LogP contribution in [0.25, 0.3) is 11.4 Å². The number of rotatable bonds is 10. The van der Waals surface area contributed by atoms with Gasteiger partial charge in [-0.15, -0.1) is 0 Å². The summed E-state index contributed by atoms with van der Waals surface area (Å²) in [5.74, 6) is -0.0564. The first-order valence-corrected chi connectivity index (χ1v) is 11.9. The highest BCUT2D eigenvalue weighted by atomic mass is 35.5. The van der Waals surface area contributed by atoms with Gasteiger partial charge in [-0.2, -0.15) is 4.98 Å². The third kappa shape index (κ3) is 7.40. The van der Waals surface area contributed by atoms with Gasteiger partial charge in [0, 0.05) is 30.8 Å². The molecule has 1 aliphatic heterocycles.